The highest BCUT2D eigenvalue weighted by atomic mass is 32.2. The van der Waals surface area contributed by atoms with Crippen molar-refractivity contribution in [3.05, 3.63) is 29.8 Å². The van der Waals surface area contributed by atoms with E-state index in [4.69, 9.17) is 0 Å². The van der Waals surface area contributed by atoms with Crippen molar-refractivity contribution in [3.63, 3.8) is 0 Å². The molecule has 0 unspecified atom stereocenters. The Morgan fingerprint density at radius 2 is 1.73 bits per heavy atom. The van der Waals surface area contributed by atoms with Crippen LogP contribution in [0.1, 0.15) is 31.2 Å². The van der Waals surface area contributed by atoms with E-state index in [1.165, 1.54) is 24.3 Å². The third-order valence-electron chi connectivity index (χ3n) is 4.44. The van der Waals surface area contributed by atoms with Gasteiger partial charge in [-0.2, -0.15) is 16.1 Å². The number of benzene rings is 1. The zero-order valence-corrected chi connectivity index (χ0v) is 14.5. The molecule has 122 valence electrons. The first-order valence-corrected chi connectivity index (χ1v) is 10.7. The predicted octanol–water partition coefficient (Wildman–Crippen LogP) is 2.46. The largest absolute Gasteiger partial charge is 0.310 e. The van der Waals surface area contributed by atoms with Gasteiger partial charge in [0.05, 0.1) is 4.90 Å². The van der Waals surface area contributed by atoms with Crippen LogP contribution in [0.15, 0.2) is 29.2 Å². The van der Waals surface area contributed by atoms with E-state index in [0.29, 0.717) is 24.0 Å². The molecule has 0 atom stereocenters. The van der Waals surface area contributed by atoms with Crippen molar-refractivity contribution in [1.82, 2.24) is 9.62 Å². The van der Waals surface area contributed by atoms with Crippen molar-refractivity contribution in [2.75, 3.05) is 24.6 Å². The Balaban J connectivity index is 1.60. The lowest BCUT2D eigenvalue weighted by Gasteiger charge is -2.22. The van der Waals surface area contributed by atoms with Gasteiger partial charge in [-0.25, -0.2) is 8.42 Å². The predicted molar refractivity (Wildman–Crippen MR) is 91.6 cm³/mol. The second kappa shape index (κ2) is 7.34. The van der Waals surface area contributed by atoms with Crippen molar-refractivity contribution in [2.45, 2.75) is 43.2 Å². The normalized spacial score (nSPS) is 21.3. The summed E-state index contributed by atoms with van der Waals surface area (Å²) in [5, 5.41) is 3.58. The van der Waals surface area contributed by atoms with Crippen LogP contribution in [0.3, 0.4) is 0 Å². The topological polar surface area (TPSA) is 49.4 Å². The monoisotopic (exact) mass is 340 g/mol. The fourth-order valence-corrected chi connectivity index (χ4v) is 5.64. The molecule has 0 aliphatic carbocycles. The Bertz CT molecular complexity index is 575. The molecule has 0 aromatic heterocycles. The van der Waals surface area contributed by atoms with Gasteiger partial charge in [0.15, 0.2) is 0 Å². The lowest BCUT2D eigenvalue weighted by Crippen LogP contribution is -2.32. The molecule has 0 radical (unpaired) electrons. The molecule has 1 aromatic rings. The molecule has 2 aliphatic heterocycles. The van der Waals surface area contributed by atoms with Crippen molar-refractivity contribution in [2.24, 2.45) is 0 Å². The molecule has 0 saturated carbocycles. The van der Waals surface area contributed by atoms with E-state index in [2.05, 4.69) is 5.32 Å². The van der Waals surface area contributed by atoms with Crippen LogP contribution < -0.4 is 5.32 Å². The Morgan fingerprint density at radius 3 is 2.36 bits per heavy atom. The molecule has 2 aliphatic rings. The van der Waals surface area contributed by atoms with Gasteiger partial charge in [-0.15, -0.1) is 0 Å². The molecule has 1 aromatic carbocycles. The van der Waals surface area contributed by atoms with Gasteiger partial charge in [0.25, 0.3) is 0 Å². The van der Waals surface area contributed by atoms with Crippen LogP contribution in [0.5, 0.6) is 0 Å². The van der Waals surface area contributed by atoms with Crippen LogP contribution in [0.4, 0.5) is 0 Å². The van der Waals surface area contributed by atoms with Crippen LogP contribution >= 0.6 is 11.8 Å². The number of rotatable bonds is 5. The number of hydrogen-bond donors (Lipinski definition) is 1. The lowest BCUT2D eigenvalue weighted by molar-refractivity contribution is 0.476. The van der Waals surface area contributed by atoms with E-state index in [0.717, 1.165) is 24.9 Å². The van der Waals surface area contributed by atoms with Crippen LogP contribution in [0.25, 0.3) is 0 Å². The second-order valence-electron chi connectivity index (χ2n) is 6.02. The molecule has 2 heterocycles. The summed E-state index contributed by atoms with van der Waals surface area (Å²) in [6.45, 7) is 2.13. The van der Waals surface area contributed by atoms with Gasteiger partial charge >= 0.3 is 0 Å². The van der Waals surface area contributed by atoms with Gasteiger partial charge in [-0.1, -0.05) is 12.1 Å². The average Bonchev–Trinajstić information content (AvgIpc) is 3.10. The van der Waals surface area contributed by atoms with E-state index in [1.807, 2.05) is 23.9 Å². The number of nitrogens with zero attached hydrogens (tertiary/aromatic N) is 1. The SMILES string of the molecule is O=S(=O)(c1ccc(CNC2CCSCC2)cc1)N1CCCC1. The molecule has 0 amide bonds. The van der Waals surface area contributed by atoms with Gasteiger partial charge in [0.1, 0.15) is 0 Å². The van der Waals surface area contributed by atoms with Crippen LogP contribution in [0.2, 0.25) is 0 Å². The maximum absolute atomic E-state index is 12.5. The fraction of sp³-hybridized carbons (Fsp3) is 0.625. The summed E-state index contributed by atoms with van der Waals surface area (Å²) < 4.78 is 26.5. The van der Waals surface area contributed by atoms with E-state index < -0.39 is 10.0 Å². The minimum atomic E-state index is -3.28. The molecule has 4 nitrogen and oxygen atoms in total. The molecule has 2 saturated heterocycles. The summed E-state index contributed by atoms with van der Waals surface area (Å²) in [5.41, 5.74) is 1.15. The van der Waals surface area contributed by atoms with E-state index >= 15 is 0 Å². The molecule has 1 N–H and O–H groups in total. The van der Waals surface area contributed by atoms with Crippen LogP contribution in [-0.4, -0.2) is 43.4 Å². The standard InChI is InChI=1S/C16H24N2O2S2/c19-22(20,18-9-1-2-10-18)16-5-3-14(4-6-16)13-17-15-7-11-21-12-8-15/h3-6,15,17H,1-2,7-13H2. The van der Waals surface area contributed by atoms with Crippen molar-refractivity contribution < 1.29 is 8.42 Å². The minimum Gasteiger partial charge on any atom is -0.310 e. The zero-order chi connectivity index (χ0) is 15.4. The van der Waals surface area contributed by atoms with Crippen molar-refractivity contribution >= 4 is 21.8 Å². The number of hydrogen-bond acceptors (Lipinski definition) is 4. The highest BCUT2D eigenvalue weighted by Gasteiger charge is 2.26. The van der Waals surface area contributed by atoms with Gasteiger partial charge in [-0.3, -0.25) is 0 Å². The molecular formula is C16H24N2O2S2. The maximum Gasteiger partial charge on any atom is 0.243 e. The third-order valence-corrected chi connectivity index (χ3v) is 7.40. The summed E-state index contributed by atoms with van der Waals surface area (Å²) in [7, 11) is -3.28. The molecule has 22 heavy (non-hydrogen) atoms. The summed E-state index contributed by atoms with van der Waals surface area (Å²) in [6, 6.07) is 7.98. The highest BCUT2D eigenvalue weighted by Crippen LogP contribution is 2.21. The van der Waals surface area contributed by atoms with Gasteiger partial charge < -0.3 is 5.32 Å². The molecule has 0 spiro atoms. The fourth-order valence-electron chi connectivity index (χ4n) is 3.02. The quantitative estimate of drug-likeness (QED) is 0.894. The van der Waals surface area contributed by atoms with Gasteiger partial charge in [-0.05, 0) is 54.9 Å². The van der Waals surface area contributed by atoms with Crippen molar-refractivity contribution in [1.29, 1.82) is 0 Å². The Morgan fingerprint density at radius 1 is 1.09 bits per heavy atom. The highest BCUT2D eigenvalue weighted by molar-refractivity contribution is 7.99. The van der Waals surface area contributed by atoms with Gasteiger partial charge in [0.2, 0.25) is 10.0 Å². The summed E-state index contributed by atoms with van der Waals surface area (Å²) in [6.07, 6.45) is 4.40. The first kappa shape index (κ1) is 16.3. The molecule has 6 heteroatoms. The molecular weight excluding hydrogens is 316 g/mol. The zero-order valence-electron chi connectivity index (χ0n) is 12.8. The maximum atomic E-state index is 12.5. The number of nitrogens with one attached hydrogen (secondary N) is 1. The smallest absolute Gasteiger partial charge is 0.243 e. The van der Waals surface area contributed by atoms with Gasteiger partial charge in [0, 0.05) is 25.7 Å². The first-order chi connectivity index (χ1) is 10.7. The Hall–Kier alpha value is -0.560. The van der Waals surface area contributed by atoms with Crippen LogP contribution in [0, 0.1) is 0 Å². The van der Waals surface area contributed by atoms with Crippen LogP contribution in [-0.2, 0) is 16.6 Å². The molecule has 2 fully saturated rings. The third kappa shape index (κ3) is 3.85. The average molecular weight is 341 g/mol. The van der Waals surface area contributed by atoms with E-state index in [-0.39, 0.29) is 0 Å². The van der Waals surface area contributed by atoms with E-state index in [9.17, 15) is 8.42 Å². The lowest BCUT2D eigenvalue weighted by atomic mass is 10.1. The van der Waals surface area contributed by atoms with E-state index in [1.54, 1.807) is 16.4 Å². The summed E-state index contributed by atoms with van der Waals surface area (Å²) in [5.74, 6) is 2.48. The number of sulfonamides is 1. The van der Waals surface area contributed by atoms with Crippen molar-refractivity contribution in [3.8, 4) is 0 Å². The second-order valence-corrected chi connectivity index (χ2v) is 9.19. The number of thioether (sulfide) groups is 1. The minimum absolute atomic E-state index is 0.423. The Kier molecular flexibility index (Phi) is 5.44. The first-order valence-electron chi connectivity index (χ1n) is 8.06. The summed E-state index contributed by atoms with van der Waals surface area (Å²) in [4.78, 5) is 0.423. The summed E-state index contributed by atoms with van der Waals surface area (Å²) >= 11 is 2.03. The Labute approximate surface area is 137 Å². The molecule has 0 bridgehead atoms. The molecule has 3 rings (SSSR count).